The summed E-state index contributed by atoms with van der Waals surface area (Å²) in [6, 6.07) is 14.0. The van der Waals surface area contributed by atoms with Crippen LogP contribution in [0.5, 0.6) is 0 Å². The SMILES string of the molecule is C=CC(=O)CCCCCCCNc1ccc(N=Nc2ccc(S(C)(=O)=O)cc2)cc1. The van der Waals surface area contributed by atoms with Crippen LogP contribution in [-0.4, -0.2) is 27.0 Å². The molecule has 7 heteroatoms. The van der Waals surface area contributed by atoms with Gasteiger partial charge in [0, 0.05) is 24.9 Å². The van der Waals surface area contributed by atoms with Crippen LogP contribution in [0, 0.1) is 0 Å². The van der Waals surface area contributed by atoms with Crippen molar-refractivity contribution in [3.8, 4) is 0 Å². The van der Waals surface area contributed by atoms with Gasteiger partial charge in [0.15, 0.2) is 15.6 Å². The number of benzene rings is 2. The number of unbranched alkanes of at least 4 members (excludes halogenated alkanes) is 4. The number of hydrogen-bond donors (Lipinski definition) is 1. The second-order valence-corrected chi connectivity index (χ2v) is 9.14. The lowest BCUT2D eigenvalue weighted by Crippen LogP contribution is -2.01. The number of carbonyl (C=O) groups is 1. The highest BCUT2D eigenvalue weighted by molar-refractivity contribution is 7.90. The van der Waals surface area contributed by atoms with Crippen LogP contribution in [0.2, 0.25) is 0 Å². The third-order valence-electron chi connectivity index (χ3n) is 4.57. The van der Waals surface area contributed by atoms with Crippen LogP contribution < -0.4 is 5.32 Å². The minimum Gasteiger partial charge on any atom is -0.385 e. The number of rotatable bonds is 13. The van der Waals surface area contributed by atoms with Crippen molar-refractivity contribution in [2.45, 2.75) is 43.4 Å². The van der Waals surface area contributed by atoms with Crippen molar-refractivity contribution < 1.29 is 13.2 Å². The zero-order valence-corrected chi connectivity index (χ0v) is 18.2. The quantitative estimate of drug-likeness (QED) is 0.241. The summed E-state index contributed by atoms with van der Waals surface area (Å²) in [6.45, 7) is 4.38. The Balaban J connectivity index is 1.69. The van der Waals surface area contributed by atoms with Crippen molar-refractivity contribution in [1.82, 2.24) is 0 Å². The van der Waals surface area contributed by atoms with Crippen molar-refractivity contribution in [2.24, 2.45) is 10.2 Å². The Labute approximate surface area is 179 Å². The first-order valence-corrected chi connectivity index (χ1v) is 12.0. The van der Waals surface area contributed by atoms with Gasteiger partial charge in [-0.2, -0.15) is 10.2 Å². The van der Waals surface area contributed by atoms with Gasteiger partial charge in [-0.25, -0.2) is 8.42 Å². The van der Waals surface area contributed by atoms with Crippen molar-refractivity contribution in [2.75, 3.05) is 18.1 Å². The van der Waals surface area contributed by atoms with Gasteiger partial charge in [-0.15, -0.1) is 0 Å². The molecule has 0 amide bonds. The van der Waals surface area contributed by atoms with Crippen LogP contribution in [0.1, 0.15) is 38.5 Å². The number of carbonyl (C=O) groups excluding carboxylic acids is 1. The van der Waals surface area contributed by atoms with E-state index in [4.69, 9.17) is 0 Å². The van der Waals surface area contributed by atoms with Crippen molar-refractivity contribution in [3.05, 3.63) is 61.2 Å². The molecule has 0 heterocycles. The molecule has 0 saturated carbocycles. The van der Waals surface area contributed by atoms with E-state index in [9.17, 15) is 13.2 Å². The van der Waals surface area contributed by atoms with E-state index in [-0.39, 0.29) is 10.7 Å². The van der Waals surface area contributed by atoms with E-state index in [0.29, 0.717) is 12.1 Å². The Bertz CT molecular complexity index is 950. The van der Waals surface area contributed by atoms with Gasteiger partial charge in [0.2, 0.25) is 0 Å². The summed E-state index contributed by atoms with van der Waals surface area (Å²) in [4.78, 5) is 11.4. The molecule has 0 atom stereocenters. The van der Waals surface area contributed by atoms with Crippen molar-refractivity contribution >= 4 is 32.7 Å². The van der Waals surface area contributed by atoms with Gasteiger partial charge < -0.3 is 5.32 Å². The van der Waals surface area contributed by atoms with Gasteiger partial charge in [0.25, 0.3) is 0 Å². The van der Waals surface area contributed by atoms with Crippen molar-refractivity contribution in [3.63, 3.8) is 0 Å². The molecule has 6 nitrogen and oxygen atoms in total. The van der Waals surface area contributed by atoms with E-state index in [1.807, 2.05) is 24.3 Å². The molecule has 0 radical (unpaired) electrons. The molecular weight excluding hydrogens is 398 g/mol. The molecule has 2 rings (SSSR count). The molecule has 1 N–H and O–H groups in total. The topological polar surface area (TPSA) is 88.0 Å². The lowest BCUT2D eigenvalue weighted by atomic mass is 10.1. The molecule has 0 aliphatic heterocycles. The monoisotopic (exact) mass is 427 g/mol. The summed E-state index contributed by atoms with van der Waals surface area (Å²) in [7, 11) is -3.21. The molecule has 0 fully saturated rings. The maximum Gasteiger partial charge on any atom is 0.175 e. The van der Waals surface area contributed by atoms with Gasteiger partial charge in [0.05, 0.1) is 16.3 Å². The molecule has 2 aromatic carbocycles. The first-order valence-electron chi connectivity index (χ1n) is 10.1. The molecule has 0 unspecified atom stereocenters. The highest BCUT2D eigenvalue weighted by Gasteiger charge is 2.05. The second-order valence-electron chi connectivity index (χ2n) is 7.13. The average Bonchev–Trinajstić information content (AvgIpc) is 2.74. The highest BCUT2D eigenvalue weighted by atomic mass is 32.2. The number of nitrogens with one attached hydrogen (secondary N) is 1. The number of anilines is 1. The normalized spacial score (nSPS) is 11.5. The third-order valence-corrected chi connectivity index (χ3v) is 5.70. The van der Waals surface area contributed by atoms with E-state index >= 15 is 0 Å². The first kappa shape index (κ1) is 23.5. The fourth-order valence-electron chi connectivity index (χ4n) is 2.81. The summed E-state index contributed by atoms with van der Waals surface area (Å²) < 4.78 is 22.9. The predicted octanol–water partition coefficient (Wildman–Crippen LogP) is 6.01. The zero-order valence-electron chi connectivity index (χ0n) is 17.4. The molecular formula is C23H29N3O3S. The maximum absolute atomic E-state index is 11.5. The van der Waals surface area contributed by atoms with Crippen LogP contribution in [0.3, 0.4) is 0 Å². The van der Waals surface area contributed by atoms with Gasteiger partial charge >= 0.3 is 0 Å². The predicted molar refractivity (Wildman–Crippen MR) is 122 cm³/mol. The largest absolute Gasteiger partial charge is 0.385 e. The number of sulfone groups is 1. The second kappa shape index (κ2) is 12.0. The third kappa shape index (κ3) is 8.69. The highest BCUT2D eigenvalue weighted by Crippen LogP contribution is 2.21. The fraction of sp³-hybridized carbons (Fsp3) is 0.348. The molecule has 0 bridgehead atoms. The molecule has 30 heavy (non-hydrogen) atoms. The summed E-state index contributed by atoms with van der Waals surface area (Å²) in [5.74, 6) is 0.129. The van der Waals surface area contributed by atoms with Gasteiger partial charge in [-0.05, 0) is 67.4 Å². The molecule has 0 aromatic heterocycles. The number of ketones is 1. The molecule has 160 valence electrons. The summed E-state index contributed by atoms with van der Waals surface area (Å²) in [5, 5.41) is 11.7. The van der Waals surface area contributed by atoms with E-state index in [1.165, 1.54) is 24.5 Å². The van der Waals surface area contributed by atoms with Gasteiger partial charge in [-0.1, -0.05) is 25.8 Å². The van der Waals surface area contributed by atoms with Gasteiger partial charge in [-0.3, -0.25) is 4.79 Å². The molecule has 2 aromatic rings. The Morgan fingerprint density at radius 2 is 1.43 bits per heavy atom. The number of nitrogens with zero attached hydrogens (tertiary/aromatic N) is 2. The number of azo groups is 1. The molecule has 0 aliphatic rings. The van der Waals surface area contributed by atoms with E-state index < -0.39 is 9.84 Å². The minimum absolute atomic E-state index is 0.129. The number of allylic oxidation sites excluding steroid dienone is 1. The average molecular weight is 428 g/mol. The minimum atomic E-state index is -3.21. The summed E-state index contributed by atoms with van der Waals surface area (Å²) >= 11 is 0. The van der Waals surface area contributed by atoms with Crippen LogP contribution in [0.25, 0.3) is 0 Å². The van der Waals surface area contributed by atoms with Crippen molar-refractivity contribution in [1.29, 1.82) is 0 Å². The van der Waals surface area contributed by atoms with E-state index in [2.05, 4.69) is 22.1 Å². The smallest absolute Gasteiger partial charge is 0.175 e. The molecule has 0 spiro atoms. The van der Waals surface area contributed by atoms with E-state index in [0.717, 1.165) is 50.0 Å². The Morgan fingerprint density at radius 1 is 0.900 bits per heavy atom. The van der Waals surface area contributed by atoms with Crippen LogP contribution in [0.15, 0.2) is 76.3 Å². The standard InChI is InChI=1S/C23H29N3O3S/c1-3-22(27)9-7-5-4-6-8-18-24-19-10-12-20(13-11-19)25-26-21-14-16-23(17-15-21)30(2,28)29/h3,10-17,24H,1,4-9,18H2,2H3. The van der Waals surface area contributed by atoms with E-state index in [1.54, 1.807) is 12.1 Å². The van der Waals surface area contributed by atoms with Crippen LogP contribution in [0.4, 0.5) is 17.1 Å². The Hall–Kier alpha value is -2.80. The van der Waals surface area contributed by atoms with Crippen LogP contribution in [-0.2, 0) is 14.6 Å². The lowest BCUT2D eigenvalue weighted by Gasteiger charge is -2.06. The lowest BCUT2D eigenvalue weighted by molar-refractivity contribution is -0.114. The molecule has 0 aliphatic carbocycles. The van der Waals surface area contributed by atoms with Gasteiger partial charge in [0.1, 0.15) is 0 Å². The Morgan fingerprint density at radius 3 is 2.00 bits per heavy atom. The molecule has 0 saturated heterocycles. The number of hydrogen-bond acceptors (Lipinski definition) is 6. The first-order chi connectivity index (χ1) is 14.4. The van der Waals surface area contributed by atoms with Crippen LogP contribution >= 0.6 is 0 Å². The fourth-order valence-corrected chi connectivity index (χ4v) is 3.44. The summed E-state index contributed by atoms with van der Waals surface area (Å²) in [6.07, 6.45) is 8.56. The maximum atomic E-state index is 11.5. The zero-order chi connectivity index (χ0) is 21.8. The Kier molecular flexibility index (Phi) is 9.41. The summed E-state index contributed by atoms with van der Waals surface area (Å²) in [5.41, 5.74) is 2.35.